The van der Waals surface area contributed by atoms with Crippen molar-refractivity contribution in [1.82, 2.24) is 4.90 Å². The lowest BCUT2D eigenvalue weighted by Crippen LogP contribution is -2.45. The largest absolute Gasteiger partial charge is 0.476 e. The first kappa shape index (κ1) is 17.6. The highest BCUT2D eigenvalue weighted by atomic mass is 35.5. The van der Waals surface area contributed by atoms with Crippen LogP contribution in [-0.4, -0.2) is 43.2 Å². The van der Waals surface area contributed by atoms with Gasteiger partial charge in [-0.1, -0.05) is 18.2 Å². The number of likely N-dealkylation sites (N-methyl/N-ethyl adjacent to an activating group) is 1. The Morgan fingerprint density at radius 3 is 2.11 bits per heavy atom. The van der Waals surface area contributed by atoms with E-state index in [0.717, 1.165) is 20.3 Å². The number of carbonyl (C=O) groups is 1. The van der Waals surface area contributed by atoms with Crippen LogP contribution in [0.1, 0.15) is 13.8 Å². The van der Waals surface area contributed by atoms with E-state index in [1.165, 1.54) is 4.90 Å². The van der Waals surface area contributed by atoms with Crippen LogP contribution in [0.5, 0.6) is 0 Å². The molecule has 0 rings (SSSR count). The number of carbonyl (C=O) groups excluding carboxylic acids is 1. The summed E-state index contributed by atoms with van der Waals surface area (Å²) < 4.78 is 26.0. The van der Waals surface area contributed by atoms with Crippen molar-refractivity contribution >= 4 is 25.3 Å². The van der Waals surface area contributed by atoms with Gasteiger partial charge >= 0.3 is 7.82 Å². The molecule has 0 aliphatic rings. The molecule has 0 aromatic rings. The van der Waals surface area contributed by atoms with E-state index in [1.807, 2.05) is 0 Å². The van der Waals surface area contributed by atoms with Gasteiger partial charge in [0, 0.05) is 27.3 Å². The van der Waals surface area contributed by atoms with Crippen LogP contribution in [0.2, 0.25) is 0 Å². The summed E-state index contributed by atoms with van der Waals surface area (Å²) in [5.41, 5.74) is 0. The molecular formula is C10H19ClNO5P. The number of hydrogen-bond acceptors (Lipinski definition) is 5. The topological polar surface area (TPSA) is 65.1 Å². The van der Waals surface area contributed by atoms with Gasteiger partial charge < -0.3 is 4.90 Å². The van der Waals surface area contributed by atoms with Gasteiger partial charge in [0.05, 0.1) is 0 Å². The standard InChI is InChI=1S/C10H19ClNO5P/c1-6-10(11,9(13)12(7-2)8-3)17-18(14,15-4)16-5/h6H,1,7-8H2,2-5H3. The summed E-state index contributed by atoms with van der Waals surface area (Å²) in [5, 5.41) is -1.98. The highest BCUT2D eigenvalue weighted by Crippen LogP contribution is 2.52. The van der Waals surface area contributed by atoms with Crippen molar-refractivity contribution in [3.05, 3.63) is 12.7 Å². The first-order chi connectivity index (χ1) is 8.32. The smallest absolute Gasteiger partial charge is 0.339 e. The summed E-state index contributed by atoms with van der Waals surface area (Å²) in [6.07, 6.45) is 1.06. The number of rotatable bonds is 8. The lowest BCUT2D eigenvalue weighted by molar-refractivity contribution is -0.139. The molecule has 0 aliphatic carbocycles. The summed E-state index contributed by atoms with van der Waals surface area (Å²) in [5.74, 6) is -0.571. The van der Waals surface area contributed by atoms with Crippen molar-refractivity contribution < 1.29 is 22.9 Å². The van der Waals surface area contributed by atoms with Crippen molar-refractivity contribution in [2.75, 3.05) is 27.3 Å². The summed E-state index contributed by atoms with van der Waals surface area (Å²) in [7, 11) is -1.62. The lowest BCUT2D eigenvalue weighted by atomic mass is 10.3. The maximum Gasteiger partial charge on any atom is 0.476 e. The average Bonchev–Trinajstić information content (AvgIpc) is 2.39. The van der Waals surface area contributed by atoms with Crippen LogP contribution in [0.15, 0.2) is 12.7 Å². The molecule has 8 heteroatoms. The fourth-order valence-corrected chi connectivity index (χ4v) is 2.35. The van der Waals surface area contributed by atoms with Crippen molar-refractivity contribution in [1.29, 1.82) is 0 Å². The number of phosphoric ester groups is 1. The van der Waals surface area contributed by atoms with E-state index < -0.39 is 18.8 Å². The number of phosphoric acid groups is 1. The fourth-order valence-electron chi connectivity index (χ4n) is 1.20. The van der Waals surface area contributed by atoms with Crippen LogP contribution in [0.4, 0.5) is 0 Å². The van der Waals surface area contributed by atoms with Gasteiger partial charge in [-0.05, 0) is 19.9 Å². The molecule has 0 bridgehead atoms. The molecule has 0 fully saturated rings. The Morgan fingerprint density at radius 1 is 1.39 bits per heavy atom. The molecule has 6 nitrogen and oxygen atoms in total. The first-order valence-electron chi connectivity index (χ1n) is 5.36. The molecule has 0 radical (unpaired) electrons. The van der Waals surface area contributed by atoms with Crippen LogP contribution >= 0.6 is 19.4 Å². The molecule has 0 aliphatic heterocycles. The van der Waals surface area contributed by atoms with Crippen molar-refractivity contribution in [2.24, 2.45) is 0 Å². The van der Waals surface area contributed by atoms with Crippen LogP contribution in [0.25, 0.3) is 0 Å². The number of nitrogens with zero attached hydrogens (tertiary/aromatic N) is 1. The van der Waals surface area contributed by atoms with Gasteiger partial charge in [-0.3, -0.25) is 18.4 Å². The zero-order chi connectivity index (χ0) is 14.4. The first-order valence-corrected chi connectivity index (χ1v) is 7.20. The molecule has 18 heavy (non-hydrogen) atoms. The van der Waals surface area contributed by atoms with Crippen LogP contribution in [0, 0.1) is 0 Å². The van der Waals surface area contributed by atoms with E-state index >= 15 is 0 Å². The van der Waals surface area contributed by atoms with E-state index in [2.05, 4.69) is 15.6 Å². The van der Waals surface area contributed by atoms with Gasteiger partial charge in [-0.15, -0.1) is 0 Å². The molecular weight excluding hydrogens is 281 g/mol. The van der Waals surface area contributed by atoms with Crippen molar-refractivity contribution in [3.63, 3.8) is 0 Å². The number of hydrogen-bond donors (Lipinski definition) is 0. The molecule has 0 aromatic carbocycles. The Kier molecular flexibility index (Phi) is 7.10. The zero-order valence-corrected chi connectivity index (χ0v) is 12.7. The second kappa shape index (κ2) is 7.26. The SMILES string of the molecule is C=CC(Cl)(OP(=O)(OC)OC)C(=O)N(CC)CC. The molecule has 1 unspecified atom stereocenters. The minimum absolute atomic E-state index is 0.436. The Bertz CT molecular complexity index is 339. The zero-order valence-electron chi connectivity index (χ0n) is 11.0. The molecule has 1 amide bonds. The normalized spacial score (nSPS) is 14.9. The van der Waals surface area contributed by atoms with E-state index in [1.54, 1.807) is 13.8 Å². The maximum atomic E-state index is 12.1. The van der Waals surface area contributed by atoms with Gasteiger partial charge in [0.2, 0.25) is 5.06 Å². The predicted octanol–water partition coefficient (Wildman–Crippen LogP) is 2.39. The third-order valence-electron chi connectivity index (χ3n) is 2.30. The molecule has 1 atom stereocenters. The number of halogens is 1. The average molecular weight is 300 g/mol. The molecule has 0 aromatic heterocycles. The summed E-state index contributed by atoms with van der Waals surface area (Å²) >= 11 is 6.00. The quantitative estimate of drug-likeness (QED) is 0.391. The van der Waals surface area contributed by atoms with Gasteiger partial charge in [0.1, 0.15) is 0 Å². The second-order valence-corrected chi connectivity index (χ2v) is 5.60. The highest BCUT2D eigenvalue weighted by Gasteiger charge is 2.44. The fraction of sp³-hybridized carbons (Fsp3) is 0.700. The lowest BCUT2D eigenvalue weighted by Gasteiger charge is -2.30. The van der Waals surface area contributed by atoms with Crippen LogP contribution in [-0.2, 0) is 22.9 Å². The van der Waals surface area contributed by atoms with Crippen molar-refractivity contribution in [2.45, 2.75) is 18.9 Å². The van der Waals surface area contributed by atoms with Gasteiger partial charge in [0.15, 0.2) is 0 Å². The Labute approximate surface area is 112 Å². The summed E-state index contributed by atoms with van der Waals surface area (Å²) in [6.45, 7) is 7.86. The van der Waals surface area contributed by atoms with Crippen LogP contribution in [0.3, 0.4) is 0 Å². The Hall–Kier alpha value is -0.390. The monoisotopic (exact) mass is 299 g/mol. The molecule has 0 heterocycles. The van der Waals surface area contributed by atoms with Gasteiger partial charge in [-0.25, -0.2) is 4.57 Å². The Morgan fingerprint density at radius 2 is 1.83 bits per heavy atom. The number of alkyl halides is 1. The minimum atomic E-state index is -3.88. The molecule has 0 N–H and O–H groups in total. The third kappa shape index (κ3) is 4.07. The number of amides is 1. The maximum absolute atomic E-state index is 12.1. The van der Waals surface area contributed by atoms with Crippen molar-refractivity contribution in [3.8, 4) is 0 Å². The van der Waals surface area contributed by atoms with E-state index in [0.29, 0.717) is 13.1 Å². The third-order valence-corrected chi connectivity index (χ3v) is 4.20. The minimum Gasteiger partial charge on any atom is -0.339 e. The molecule has 0 spiro atoms. The summed E-state index contributed by atoms with van der Waals surface area (Å²) in [4.78, 5) is 13.6. The summed E-state index contributed by atoms with van der Waals surface area (Å²) in [6, 6.07) is 0. The predicted molar refractivity (Wildman–Crippen MR) is 69.4 cm³/mol. The highest BCUT2D eigenvalue weighted by molar-refractivity contribution is 7.48. The Balaban J connectivity index is 5.19. The molecule has 106 valence electrons. The molecule has 0 saturated heterocycles. The van der Waals surface area contributed by atoms with E-state index in [4.69, 9.17) is 16.1 Å². The van der Waals surface area contributed by atoms with E-state index in [-0.39, 0.29) is 0 Å². The molecule has 0 saturated carbocycles. The van der Waals surface area contributed by atoms with Gasteiger partial charge in [-0.2, -0.15) is 0 Å². The van der Waals surface area contributed by atoms with Crippen LogP contribution < -0.4 is 0 Å². The van der Waals surface area contributed by atoms with Gasteiger partial charge in [0.25, 0.3) is 5.91 Å². The van der Waals surface area contributed by atoms with E-state index in [9.17, 15) is 9.36 Å². The second-order valence-electron chi connectivity index (χ2n) is 3.23.